The summed E-state index contributed by atoms with van der Waals surface area (Å²) in [6.45, 7) is 2.56. The van der Waals surface area contributed by atoms with Crippen molar-refractivity contribution < 1.29 is 14.3 Å². The fourth-order valence-corrected chi connectivity index (χ4v) is 2.49. The van der Waals surface area contributed by atoms with Gasteiger partial charge in [-0.2, -0.15) is 0 Å². The van der Waals surface area contributed by atoms with Crippen molar-refractivity contribution in [1.82, 2.24) is 4.98 Å². The molecule has 5 heteroatoms. The number of fused-ring (bicyclic) bond motifs is 1. The monoisotopic (exact) mass is 322 g/mol. The molecular weight excluding hydrogens is 304 g/mol. The average molecular weight is 322 g/mol. The minimum atomic E-state index is -0.364. The van der Waals surface area contributed by atoms with E-state index in [0.717, 1.165) is 28.0 Å². The predicted octanol–water partition coefficient (Wildman–Crippen LogP) is 4.16. The van der Waals surface area contributed by atoms with Gasteiger partial charge in [0.25, 0.3) is 0 Å². The van der Waals surface area contributed by atoms with Crippen LogP contribution in [0.5, 0.6) is 5.75 Å². The molecule has 1 heterocycles. The van der Waals surface area contributed by atoms with E-state index in [1.807, 2.05) is 43.3 Å². The highest BCUT2D eigenvalue weighted by Gasteiger charge is 2.08. The highest BCUT2D eigenvalue weighted by molar-refractivity contribution is 5.95. The summed E-state index contributed by atoms with van der Waals surface area (Å²) in [6.07, 6.45) is 1.75. The first-order valence-corrected chi connectivity index (χ1v) is 7.68. The fourth-order valence-electron chi connectivity index (χ4n) is 2.49. The van der Waals surface area contributed by atoms with Gasteiger partial charge in [0.2, 0.25) is 0 Å². The van der Waals surface area contributed by atoms with Gasteiger partial charge in [-0.3, -0.25) is 4.98 Å². The maximum atomic E-state index is 11.7. The first kappa shape index (κ1) is 15.8. The number of benzene rings is 2. The number of anilines is 2. The van der Waals surface area contributed by atoms with Crippen LogP contribution in [0.3, 0.4) is 0 Å². The molecule has 0 spiro atoms. The van der Waals surface area contributed by atoms with Gasteiger partial charge in [-0.05, 0) is 49.4 Å². The highest BCUT2D eigenvalue weighted by atomic mass is 16.5. The zero-order valence-electron chi connectivity index (χ0n) is 13.6. The minimum absolute atomic E-state index is 0.364. The van der Waals surface area contributed by atoms with Gasteiger partial charge < -0.3 is 14.8 Å². The topological polar surface area (TPSA) is 60.5 Å². The average Bonchev–Trinajstić information content (AvgIpc) is 2.62. The molecule has 122 valence electrons. The normalized spacial score (nSPS) is 10.4. The molecule has 1 aromatic heterocycles. The number of pyridine rings is 1. The number of ether oxygens (including phenoxy) is 2. The number of nitrogens with zero attached hydrogens (tertiary/aromatic N) is 1. The number of hydrogen-bond donors (Lipinski definition) is 1. The molecule has 0 fully saturated rings. The SMILES string of the molecule is CCOc1ccc2nccc(Nc3cccc(C(=O)OC)c3)c2c1. The summed E-state index contributed by atoms with van der Waals surface area (Å²) in [7, 11) is 1.37. The maximum Gasteiger partial charge on any atom is 0.337 e. The Morgan fingerprint density at radius 3 is 2.83 bits per heavy atom. The summed E-state index contributed by atoms with van der Waals surface area (Å²) < 4.78 is 10.3. The van der Waals surface area contributed by atoms with Crippen molar-refractivity contribution >= 4 is 28.2 Å². The van der Waals surface area contributed by atoms with Crippen LogP contribution in [0, 0.1) is 0 Å². The number of hydrogen-bond acceptors (Lipinski definition) is 5. The molecule has 0 aliphatic rings. The molecule has 3 aromatic rings. The molecule has 0 radical (unpaired) electrons. The zero-order chi connectivity index (χ0) is 16.9. The van der Waals surface area contributed by atoms with E-state index < -0.39 is 0 Å². The van der Waals surface area contributed by atoms with Gasteiger partial charge >= 0.3 is 5.97 Å². The Balaban J connectivity index is 1.97. The lowest BCUT2D eigenvalue weighted by atomic mass is 10.1. The van der Waals surface area contributed by atoms with Gasteiger partial charge in [-0.25, -0.2) is 4.79 Å². The Kier molecular flexibility index (Phi) is 4.61. The number of aromatic nitrogens is 1. The third-order valence-corrected chi connectivity index (χ3v) is 3.59. The van der Waals surface area contributed by atoms with Crippen molar-refractivity contribution in [2.45, 2.75) is 6.92 Å². The molecule has 0 aliphatic carbocycles. The summed E-state index contributed by atoms with van der Waals surface area (Å²) in [5.74, 6) is 0.432. The third kappa shape index (κ3) is 3.30. The zero-order valence-corrected chi connectivity index (χ0v) is 13.6. The van der Waals surface area contributed by atoms with Crippen molar-refractivity contribution in [3.8, 4) is 5.75 Å². The van der Waals surface area contributed by atoms with Crippen molar-refractivity contribution in [2.24, 2.45) is 0 Å². The van der Waals surface area contributed by atoms with Crippen LogP contribution in [0.4, 0.5) is 11.4 Å². The Hall–Kier alpha value is -3.08. The van der Waals surface area contributed by atoms with Gasteiger partial charge in [-0.15, -0.1) is 0 Å². The molecular formula is C19H18N2O3. The summed E-state index contributed by atoms with van der Waals surface area (Å²) in [4.78, 5) is 16.0. The van der Waals surface area contributed by atoms with E-state index in [1.54, 1.807) is 18.3 Å². The molecule has 0 aliphatic heterocycles. The first-order chi connectivity index (χ1) is 11.7. The van der Waals surface area contributed by atoms with Gasteiger partial charge in [0.1, 0.15) is 5.75 Å². The molecule has 3 rings (SSSR count). The molecule has 0 saturated heterocycles. The number of nitrogens with one attached hydrogen (secondary N) is 1. The minimum Gasteiger partial charge on any atom is -0.494 e. The molecule has 1 N–H and O–H groups in total. The highest BCUT2D eigenvalue weighted by Crippen LogP contribution is 2.28. The van der Waals surface area contributed by atoms with Crippen LogP contribution in [0.15, 0.2) is 54.7 Å². The molecule has 0 unspecified atom stereocenters. The molecule has 0 amide bonds. The van der Waals surface area contributed by atoms with Gasteiger partial charge in [-0.1, -0.05) is 6.07 Å². The maximum absolute atomic E-state index is 11.7. The largest absolute Gasteiger partial charge is 0.494 e. The molecule has 0 saturated carbocycles. The van der Waals surface area contributed by atoms with Gasteiger partial charge in [0.05, 0.1) is 24.8 Å². The molecule has 0 bridgehead atoms. The summed E-state index contributed by atoms with van der Waals surface area (Å²) in [6, 6.07) is 14.9. The lowest BCUT2D eigenvalue weighted by Gasteiger charge is -2.11. The second kappa shape index (κ2) is 7.00. The van der Waals surface area contributed by atoms with Crippen molar-refractivity contribution in [2.75, 3.05) is 19.0 Å². The number of methoxy groups -OCH3 is 1. The Labute approximate surface area is 140 Å². The fraction of sp³-hybridized carbons (Fsp3) is 0.158. The number of esters is 1. The van der Waals surface area contributed by atoms with E-state index in [2.05, 4.69) is 10.3 Å². The Morgan fingerprint density at radius 1 is 1.17 bits per heavy atom. The first-order valence-electron chi connectivity index (χ1n) is 7.68. The van der Waals surface area contributed by atoms with E-state index in [0.29, 0.717) is 12.2 Å². The molecule has 2 aromatic carbocycles. The van der Waals surface area contributed by atoms with Crippen LogP contribution in [0.1, 0.15) is 17.3 Å². The van der Waals surface area contributed by atoms with Gasteiger partial charge in [0.15, 0.2) is 0 Å². The molecule has 5 nitrogen and oxygen atoms in total. The Bertz CT molecular complexity index is 877. The second-order valence-electron chi connectivity index (χ2n) is 5.17. The third-order valence-electron chi connectivity index (χ3n) is 3.59. The van der Waals surface area contributed by atoms with Crippen LogP contribution in [-0.2, 0) is 4.74 Å². The van der Waals surface area contributed by atoms with Crippen molar-refractivity contribution in [3.05, 3.63) is 60.3 Å². The van der Waals surface area contributed by atoms with Crippen LogP contribution in [0.2, 0.25) is 0 Å². The van der Waals surface area contributed by atoms with E-state index in [-0.39, 0.29) is 5.97 Å². The lowest BCUT2D eigenvalue weighted by molar-refractivity contribution is 0.0601. The summed E-state index contributed by atoms with van der Waals surface area (Å²) in [5.41, 5.74) is 3.05. The van der Waals surface area contributed by atoms with E-state index in [1.165, 1.54) is 7.11 Å². The lowest BCUT2D eigenvalue weighted by Crippen LogP contribution is -2.02. The quantitative estimate of drug-likeness (QED) is 0.715. The number of rotatable bonds is 5. The number of carbonyl (C=O) groups excluding carboxylic acids is 1. The summed E-state index contributed by atoms with van der Waals surface area (Å²) >= 11 is 0. The molecule has 24 heavy (non-hydrogen) atoms. The Morgan fingerprint density at radius 2 is 2.04 bits per heavy atom. The van der Waals surface area contributed by atoms with E-state index >= 15 is 0 Å². The van der Waals surface area contributed by atoms with E-state index in [9.17, 15) is 4.79 Å². The summed E-state index contributed by atoms with van der Waals surface area (Å²) in [5, 5.41) is 4.28. The van der Waals surface area contributed by atoms with Crippen LogP contribution in [-0.4, -0.2) is 24.7 Å². The molecule has 0 atom stereocenters. The van der Waals surface area contributed by atoms with Crippen LogP contribution in [0.25, 0.3) is 10.9 Å². The van der Waals surface area contributed by atoms with Crippen LogP contribution >= 0.6 is 0 Å². The van der Waals surface area contributed by atoms with Crippen LogP contribution < -0.4 is 10.1 Å². The number of carbonyl (C=O) groups is 1. The standard InChI is InChI=1S/C19H18N2O3/c1-3-24-15-7-8-17-16(12-15)18(9-10-20-17)21-14-6-4-5-13(11-14)19(22)23-2/h4-12H,3H2,1-2H3,(H,20,21). The smallest absolute Gasteiger partial charge is 0.337 e. The van der Waals surface area contributed by atoms with Gasteiger partial charge in [0, 0.05) is 23.0 Å². The van der Waals surface area contributed by atoms with Crippen molar-refractivity contribution in [1.29, 1.82) is 0 Å². The van der Waals surface area contributed by atoms with E-state index in [4.69, 9.17) is 9.47 Å². The second-order valence-corrected chi connectivity index (χ2v) is 5.17. The van der Waals surface area contributed by atoms with Crippen molar-refractivity contribution in [3.63, 3.8) is 0 Å². The predicted molar refractivity (Wildman–Crippen MR) is 94.0 cm³/mol.